The number of carbonyl (C=O) groups excluding carboxylic acids is 1. The summed E-state index contributed by atoms with van der Waals surface area (Å²) in [7, 11) is -4.62. The number of allylic oxidation sites excluding steroid dienone is 2. The van der Waals surface area contributed by atoms with E-state index in [2.05, 4.69) is 23.6 Å². The Bertz CT molecular complexity index is 462. The van der Waals surface area contributed by atoms with Crippen molar-refractivity contribution in [2.75, 3.05) is 13.2 Å². The van der Waals surface area contributed by atoms with E-state index in [-0.39, 0.29) is 13.0 Å². The molecule has 0 aromatic carbocycles. The number of phosphoric ester groups is 1. The van der Waals surface area contributed by atoms with Gasteiger partial charge in [0.15, 0.2) is 0 Å². The summed E-state index contributed by atoms with van der Waals surface area (Å²) in [4.78, 5) is 28.6. The smallest absolute Gasteiger partial charge is 0.463 e. The quantitative estimate of drug-likeness (QED) is 0.106. The highest BCUT2D eigenvalue weighted by Gasteiger charge is 2.17. The van der Waals surface area contributed by atoms with E-state index in [1.807, 2.05) is 0 Å². The van der Waals surface area contributed by atoms with Crippen LogP contribution in [0, 0.1) is 0 Å². The van der Waals surface area contributed by atoms with Gasteiger partial charge in [0.25, 0.3) is 0 Å². The molecule has 1 unspecified atom stereocenters. The Morgan fingerprint density at radius 1 is 0.862 bits per heavy atom. The number of unbranched alkanes of at least 4 members (excludes halogenated alkanes) is 11. The number of phosphoric acid groups is 1. The first kappa shape index (κ1) is 28.3. The number of hydrogen-bond donors (Lipinski definition) is 3. The van der Waals surface area contributed by atoms with Crippen LogP contribution < -0.4 is 0 Å². The standard InChI is InChI=1S/C21H41O7P/c1-2-3-4-5-6-7-8-9-10-11-12-13-14-15-16-17-21(23)27-18-20(22)19-28-29(24,25)26/h6-7,20,22H,2-5,8-19H2,1H3,(H2,24,25,26)/b7-6-. The Kier molecular flexibility index (Phi) is 18.8. The van der Waals surface area contributed by atoms with Gasteiger partial charge in [-0.15, -0.1) is 0 Å². The fraction of sp³-hybridized carbons (Fsp3) is 0.857. The Morgan fingerprint density at radius 3 is 1.93 bits per heavy atom. The molecule has 0 aromatic heterocycles. The summed E-state index contributed by atoms with van der Waals surface area (Å²) in [6.45, 7) is 1.32. The van der Waals surface area contributed by atoms with Crippen LogP contribution in [-0.4, -0.2) is 40.2 Å². The molecule has 1 atom stereocenters. The first-order valence-corrected chi connectivity index (χ1v) is 12.6. The van der Waals surface area contributed by atoms with Gasteiger partial charge in [0.2, 0.25) is 0 Å². The summed E-state index contributed by atoms with van der Waals surface area (Å²) in [5, 5.41) is 9.42. The van der Waals surface area contributed by atoms with Crippen molar-refractivity contribution in [2.45, 2.75) is 103 Å². The van der Waals surface area contributed by atoms with Crippen molar-refractivity contribution in [1.82, 2.24) is 0 Å². The molecular formula is C21H41O7P. The highest BCUT2D eigenvalue weighted by molar-refractivity contribution is 7.46. The molecule has 0 rings (SSSR count). The SMILES string of the molecule is CCCCC/C=C\CCCCCCCCCCC(=O)OCC(O)COP(=O)(O)O. The first-order valence-electron chi connectivity index (χ1n) is 11.0. The molecule has 0 heterocycles. The van der Waals surface area contributed by atoms with Gasteiger partial charge in [0.1, 0.15) is 12.7 Å². The second kappa shape index (κ2) is 19.3. The van der Waals surface area contributed by atoms with Gasteiger partial charge in [-0.3, -0.25) is 9.32 Å². The molecule has 0 radical (unpaired) electrons. The van der Waals surface area contributed by atoms with Gasteiger partial charge in [-0.25, -0.2) is 4.57 Å². The summed E-state index contributed by atoms with van der Waals surface area (Å²) in [6.07, 6.45) is 19.0. The van der Waals surface area contributed by atoms with Crippen molar-refractivity contribution in [3.63, 3.8) is 0 Å². The van der Waals surface area contributed by atoms with Crippen LogP contribution in [0.3, 0.4) is 0 Å². The van der Waals surface area contributed by atoms with Crippen LogP contribution in [0.5, 0.6) is 0 Å². The van der Waals surface area contributed by atoms with Crippen molar-refractivity contribution in [3.05, 3.63) is 12.2 Å². The minimum Gasteiger partial charge on any atom is -0.463 e. The second-order valence-electron chi connectivity index (χ2n) is 7.46. The molecular weight excluding hydrogens is 395 g/mol. The zero-order chi connectivity index (χ0) is 21.8. The van der Waals surface area contributed by atoms with E-state index in [9.17, 15) is 14.5 Å². The third-order valence-electron chi connectivity index (χ3n) is 4.51. The summed E-state index contributed by atoms with van der Waals surface area (Å²) in [6, 6.07) is 0. The van der Waals surface area contributed by atoms with Crippen molar-refractivity contribution in [2.24, 2.45) is 0 Å². The number of rotatable bonds is 20. The van der Waals surface area contributed by atoms with E-state index in [1.54, 1.807) is 0 Å². The maximum atomic E-state index is 11.5. The molecule has 0 spiro atoms. The van der Waals surface area contributed by atoms with Crippen molar-refractivity contribution in [3.8, 4) is 0 Å². The van der Waals surface area contributed by atoms with Crippen LogP contribution >= 0.6 is 7.82 Å². The summed E-state index contributed by atoms with van der Waals surface area (Å²) >= 11 is 0. The normalized spacial score (nSPS) is 13.1. The Morgan fingerprint density at radius 2 is 1.38 bits per heavy atom. The van der Waals surface area contributed by atoms with E-state index < -0.39 is 26.5 Å². The maximum Gasteiger partial charge on any atom is 0.469 e. The summed E-state index contributed by atoms with van der Waals surface area (Å²) in [5.74, 6) is -0.414. The predicted octanol–water partition coefficient (Wildman–Crippen LogP) is 5.04. The molecule has 0 saturated heterocycles. The molecule has 0 fully saturated rings. The average molecular weight is 437 g/mol. The monoisotopic (exact) mass is 436 g/mol. The average Bonchev–Trinajstić information content (AvgIpc) is 2.67. The van der Waals surface area contributed by atoms with E-state index in [1.165, 1.54) is 64.2 Å². The van der Waals surface area contributed by atoms with E-state index in [0.29, 0.717) is 0 Å². The third-order valence-corrected chi connectivity index (χ3v) is 5.00. The van der Waals surface area contributed by atoms with Crippen molar-refractivity contribution < 1.29 is 33.5 Å². The Labute approximate surface area is 176 Å². The molecule has 7 nitrogen and oxygen atoms in total. The molecule has 0 aliphatic carbocycles. The molecule has 29 heavy (non-hydrogen) atoms. The van der Waals surface area contributed by atoms with Gasteiger partial charge in [-0.05, 0) is 32.1 Å². The topological polar surface area (TPSA) is 113 Å². The lowest BCUT2D eigenvalue weighted by Crippen LogP contribution is -2.23. The van der Waals surface area contributed by atoms with Crippen LogP contribution in [0.25, 0.3) is 0 Å². The molecule has 0 bridgehead atoms. The van der Waals surface area contributed by atoms with E-state index in [4.69, 9.17) is 14.5 Å². The molecule has 0 aliphatic heterocycles. The number of hydrogen-bond acceptors (Lipinski definition) is 5. The summed E-state index contributed by atoms with van der Waals surface area (Å²) < 4.78 is 19.5. The Balaban J connectivity index is 3.35. The van der Waals surface area contributed by atoms with Gasteiger partial charge in [-0.2, -0.15) is 0 Å². The largest absolute Gasteiger partial charge is 0.469 e. The molecule has 8 heteroatoms. The van der Waals surface area contributed by atoms with Crippen LogP contribution in [0.2, 0.25) is 0 Å². The number of esters is 1. The summed E-state index contributed by atoms with van der Waals surface area (Å²) in [5.41, 5.74) is 0. The second-order valence-corrected chi connectivity index (χ2v) is 8.70. The number of aliphatic hydroxyl groups excluding tert-OH is 1. The number of carbonyl (C=O) groups is 1. The molecule has 172 valence electrons. The van der Waals surface area contributed by atoms with Crippen LogP contribution in [0.1, 0.15) is 96.8 Å². The lowest BCUT2D eigenvalue weighted by molar-refractivity contribution is -0.147. The minimum absolute atomic E-state index is 0.288. The lowest BCUT2D eigenvalue weighted by Gasteiger charge is -2.12. The fourth-order valence-corrected chi connectivity index (χ4v) is 3.20. The molecule has 0 saturated carbocycles. The number of aliphatic hydroxyl groups is 1. The maximum absolute atomic E-state index is 11.5. The molecule has 3 N–H and O–H groups in total. The minimum atomic E-state index is -4.62. The zero-order valence-corrected chi connectivity index (χ0v) is 18.9. The Hall–Kier alpha value is -0.720. The van der Waals surface area contributed by atoms with Gasteiger partial charge in [0, 0.05) is 6.42 Å². The molecule has 0 aliphatic rings. The van der Waals surface area contributed by atoms with Crippen LogP contribution in [0.15, 0.2) is 12.2 Å². The van der Waals surface area contributed by atoms with Gasteiger partial charge >= 0.3 is 13.8 Å². The van der Waals surface area contributed by atoms with Gasteiger partial charge < -0.3 is 19.6 Å². The molecule has 0 amide bonds. The first-order chi connectivity index (χ1) is 13.8. The lowest BCUT2D eigenvalue weighted by atomic mass is 10.1. The van der Waals surface area contributed by atoms with Crippen LogP contribution in [-0.2, 0) is 18.6 Å². The fourth-order valence-electron chi connectivity index (χ4n) is 2.83. The zero-order valence-electron chi connectivity index (χ0n) is 18.0. The number of ether oxygens (including phenoxy) is 1. The van der Waals surface area contributed by atoms with Gasteiger partial charge in [0.05, 0.1) is 6.61 Å². The highest BCUT2D eigenvalue weighted by Crippen LogP contribution is 2.35. The van der Waals surface area contributed by atoms with E-state index in [0.717, 1.165) is 19.3 Å². The van der Waals surface area contributed by atoms with E-state index >= 15 is 0 Å². The predicted molar refractivity (Wildman–Crippen MR) is 114 cm³/mol. The highest BCUT2D eigenvalue weighted by atomic mass is 31.2. The van der Waals surface area contributed by atoms with Crippen LogP contribution in [0.4, 0.5) is 0 Å². The molecule has 0 aromatic rings. The van der Waals surface area contributed by atoms with Crippen molar-refractivity contribution in [1.29, 1.82) is 0 Å². The van der Waals surface area contributed by atoms with Crippen molar-refractivity contribution >= 4 is 13.8 Å². The van der Waals surface area contributed by atoms with Gasteiger partial charge in [-0.1, -0.05) is 70.4 Å². The third kappa shape index (κ3) is 23.4.